The van der Waals surface area contributed by atoms with Gasteiger partial charge in [-0.2, -0.15) is 0 Å². The first-order chi connectivity index (χ1) is 7.81. The normalized spacial score (nSPS) is 33.0. The number of Topliss-reactive ketones (excluding diaryl/α,β-unsaturated/α-hetero) is 1. The molecular weight excluding hydrogens is 198 g/mol. The Labute approximate surface area is 96.1 Å². The molecule has 0 aliphatic carbocycles. The summed E-state index contributed by atoms with van der Waals surface area (Å²) in [6.07, 6.45) is 3.78. The molecule has 2 heteroatoms. The summed E-state index contributed by atoms with van der Waals surface area (Å²) < 4.78 is 0. The molecule has 2 aliphatic rings. The predicted molar refractivity (Wildman–Crippen MR) is 63.2 cm³/mol. The molecule has 16 heavy (non-hydrogen) atoms. The molecule has 84 valence electrons. The molecule has 1 aromatic carbocycles. The van der Waals surface area contributed by atoms with Crippen molar-refractivity contribution in [2.75, 3.05) is 0 Å². The van der Waals surface area contributed by atoms with Gasteiger partial charge in [0.25, 0.3) is 0 Å². The van der Waals surface area contributed by atoms with Crippen molar-refractivity contribution in [3.8, 4) is 0 Å². The van der Waals surface area contributed by atoms with Crippen LogP contribution in [0.2, 0.25) is 0 Å². The van der Waals surface area contributed by atoms with Crippen molar-refractivity contribution in [3.05, 3.63) is 35.9 Å². The fourth-order valence-electron chi connectivity index (χ4n) is 3.15. The smallest absolute Gasteiger partial charge is 0.136 e. The van der Waals surface area contributed by atoms with Crippen LogP contribution in [0.4, 0.5) is 0 Å². The Morgan fingerprint density at radius 3 is 2.81 bits per heavy atom. The van der Waals surface area contributed by atoms with Crippen LogP contribution in [-0.4, -0.2) is 17.9 Å². The minimum Gasteiger partial charge on any atom is -0.310 e. The maximum atomic E-state index is 11.5. The monoisotopic (exact) mass is 215 g/mol. The van der Waals surface area contributed by atoms with Gasteiger partial charge in [-0.15, -0.1) is 0 Å². The zero-order valence-electron chi connectivity index (χ0n) is 9.36. The first-order valence-electron chi connectivity index (χ1n) is 6.13. The Morgan fingerprint density at radius 2 is 2.00 bits per heavy atom. The number of rotatable bonds is 2. The third-order valence-corrected chi connectivity index (χ3v) is 3.87. The summed E-state index contributed by atoms with van der Waals surface area (Å²) in [5.41, 5.74) is 1.40. The van der Waals surface area contributed by atoms with Crippen LogP contribution in [0.3, 0.4) is 0 Å². The fourth-order valence-corrected chi connectivity index (χ4v) is 3.15. The van der Waals surface area contributed by atoms with E-state index < -0.39 is 0 Å². The highest BCUT2D eigenvalue weighted by Gasteiger charge is 2.39. The Bertz CT molecular complexity index is 387. The number of hydrogen-bond acceptors (Lipinski definition) is 2. The summed E-state index contributed by atoms with van der Waals surface area (Å²) in [4.78, 5) is 11.5. The second-order valence-electron chi connectivity index (χ2n) is 5.10. The molecule has 0 radical (unpaired) electrons. The Kier molecular flexibility index (Phi) is 2.52. The largest absolute Gasteiger partial charge is 0.310 e. The summed E-state index contributed by atoms with van der Waals surface area (Å²) in [5.74, 6) is 1.10. The van der Waals surface area contributed by atoms with Crippen molar-refractivity contribution in [1.82, 2.24) is 5.32 Å². The molecule has 2 saturated heterocycles. The number of nitrogens with one attached hydrogen (secondary N) is 1. The van der Waals surface area contributed by atoms with Crippen LogP contribution in [0.1, 0.15) is 24.8 Å². The van der Waals surface area contributed by atoms with Gasteiger partial charge in [-0.1, -0.05) is 30.3 Å². The molecule has 3 rings (SSSR count). The van der Waals surface area contributed by atoms with Crippen LogP contribution in [0.15, 0.2) is 30.3 Å². The zero-order chi connectivity index (χ0) is 11.0. The van der Waals surface area contributed by atoms with Crippen molar-refractivity contribution < 1.29 is 4.79 Å². The third kappa shape index (κ3) is 1.90. The van der Waals surface area contributed by atoms with Gasteiger partial charge in [0, 0.05) is 24.9 Å². The van der Waals surface area contributed by atoms with Gasteiger partial charge in [0.2, 0.25) is 0 Å². The Hall–Kier alpha value is -1.15. The average molecular weight is 215 g/mol. The molecule has 2 bridgehead atoms. The molecule has 0 amide bonds. The first-order valence-corrected chi connectivity index (χ1v) is 6.13. The zero-order valence-corrected chi connectivity index (χ0v) is 9.36. The van der Waals surface area contributed by atoms with Crippen molar-refractivity contribution in [2.45, 2.75) is 37.8 Å². The maximum Gasteiger partial charge on any atom is 0.136 e. The van der Waals surface area contributed by atoms with E-state index in [9.17, 15) is 4.79 Å². The molecular formula is C14H17NO. The lowest BCUT2D eigenvalue weighted by Crippen LogP contribution is -2.40. The quantitative estimate of drug-likeness (QED) is 0.817. The van der Waals surface area contributed by atoms with E-state index in [1.54, 1.807) is 0 Å². The van der Waals surface area contributed by atoms with Crippen molar-refractivity contribution in [2.24, 2.45) is 5.92 Å². The van der Waals surface area contributed by atoms with Crippen LogP contribution >= 0.6 is 0 Å². The second-order valence-corrected chi connectivity index (χ2v) is 5.10. The fraction of sp³-hybridized carbons (Fsp3) is 0.500. The highest BCUT2D eigenvalue weighted by molar-refractivity contribution is 5.81. The minimum atomic E-state index is 0.437. The van der Waals surface area contributed by atoms with Crippen molar-refractivity contribution in [1.29, 1.82) is 0 Å². The van der Waals surface area contributed by atoms with Crippen LogP contribution in [0.25, 0.3) is 0 Å². The Morgan fingerprint density at radius 1 is 1.19 bits per heavy atom. The van der Waals surface area contributed by atoms with Gasteiger partial charge in [0.15, 0.2) is 0 Å². The summed E-state index contributed by atoms with van der Waals surface area (Å²) in [7, 11) is 0. The number of carbonyl (C=O) groups excluding carboxylic acids is 1. The molecule has 3 unspecified atom stereocenters. The third-order valence-electron chi connectivity index (χ3n) is 3.87. The molecule has 2 nitrogen and oxygen atoms in total. The lowest BCUT2D eigenvalue weighted by Gasteiger charge is -2.22. The van der Waals surface area contributed by atoms with Crippen molar-refractivity contribution in [3.63, 3.8) is 0 Å². The van der Waals surface area contributed by atoms with Crippen LogP contribution in [0, 0.1) is 5.92 Å². The molecule has 3 atom stereocenters. The first kappa shape index (κ1) is 10.0. The number of benzene rings is 1. The molecule has 2 aliphatic heterocycles. The van der Waals surface area contributed by atoms with Crippen LogP contribution in [-0.2, 0) is 11.2 Å². The lowest BCUT2D eigenvalue weighted by atomic mass is 9.91. The van der Waals surface area contributed by atoms with Gasteiger partial charge in [-0.3, -0.25) is 4.79 Å². The highest BCUT2D eigenvalue weighted by atomic mass is 16.1. The van der Waals surface area contributed by atoms with E-state index in [0.29, 0.717) is 23.8 Å². The van der Waals surface area contributed by atoms with E-state index in [4.69, 9.17) is 0 Å². The number of piperidine rings is 1. The van der Waals surface area contributed by atoms with Gasteiger partial charge >= 0.3 is 0 Å². The number of hydrogen-bond donors (Lipinski definition) is 1. The lowest BCUT2D eigenvalue weighted by molar-refractivity contribution is -0.120. The number of carbonyl (C=O) groups is 1. The van der Waals surface area contributed by atoms with Gasteiger partial charge in [-0.05, 0) is 24.3 Å². The minimum absolute atomic E-state index is 0.437. The molecule has 2 heterocycles. The summed E-state index contributed by atoms with van der Waals surface area (Å²) in [6.45, 7) is 0. The molecule has 2 fully saturated rings. The molecule has 0 saturated carbocycles. The van der Waals surface area contributed by atoms with E-state index in [2.05, 4.69) is 35.6 Å². The molecule has 0 spiro atoms. The summed E-state index contributed by atoms with van der Waals surface area (Å²) in [6, 6.07) is 11.5. The number of ketones is 1. The predicted octanol–water partition coefficient (Wildman–Crippen LogP) is 1.94. The molecule has 1 N–H and O–H groups in total. The summed E-state index contributed by atoms with van der Waals surface area (Å²) >= 11 is 0. The second kappa shape index (κ2) is 4.02. The van der Waals surface area contributed by atoms with E-state index >= 15 is 0 Å². The van der Waals surface area contributed by atoms with Gasteiger partial charge in [0.05, 0.1) is 0 Å². The topological polar surface area (TPSA) is 29.1 Å². The standard InChI is InChI=1S/C14H17NO/c16-13-8-12-7-11(14(9-13)15-12)6-10-4-2-1-3-5-10/h1-5,11-12,14-15H,6-9H2. The van der Waals surface area contributed by atoms with Crippen molar-refractivity contribution >= 4 is 5.78 Å². The van der Waals surface area contributed by atoms with Gasteiger partial charge < -0.3 is 5.32 Å². The highest BCUT2D eigenvalue weighted by Crippen LogP contribution is 2.32. The Balaban J connectivity index is 1.71. The maximum absolute atomic E-state index is 11.5. The molecule has 1 aromatic rings. The SMILES string of the molecule is O=C1CC2CC(Cc3ccccc3)C(C1)N2. The van der Waals surface area contributed by atoms with E-state index in [0.717, 1.165) is 19.3 Å². The summed E-state index contributed by atoms with van der Waals surface area (Å²) in [5, 5.41) is 3.57. The van der Waals surface area contributed by atoms with E-state index in [-0.39, 0.29) is 0 Å². The van der Waals surface area contributed by atoms with E-state index in [1.165, 1.54) is 12.0 Å². The average Bonchev–Trinajstić information content (AvgIpc) is 2.55. The molecule has 0 aromatic heterocycles. The van der Waals surface area contributed by atoms with E-state index in [1.807, 2.05) is 0 Å². The van der Waals surface area contributed by atoms with Gasteiger partial charge in [0.1, 0.15) is 5.78 Å². The van der Waals surface area contributed by atoms with Crippen LogP contribution in [0.5, 0.6) is 0 Å². The number of fused-ring (bicyclic) bond motifs is 2. The van der Waals surface area contributed by atoms with Gasteiger partial charge in [-0.25, -0.2) is 0 Å². The van der Waals surface area contributed by atoms with Crippen LogP contribution < -0.4 is 5.32 Å².